The monoisotopic (exact) mass is 809 g/mol. The first-order valence-corrected chi connectivity index (χ1v) is 22.3. The van der Waals surface area contributed by atoms with Crippen molar-refractivity contribution in [2.45, 2.75) is 5.41 Å². The molecule has 1 spiro atoms. The minimum atomic E-state index is -0.455. The standard InChI is InChI=1S/C63H39N/c1-3-16-40(17-4-1)42-32-34-47(35-33-42)64(59-29-15-28-58-61(59)51-24-11-14-27-57(51)63(58)55-25-12-9-22-49(55)50-23-10-13-26-56(50)63)62-48-21-8-7-20-45(48)38-53-52-37-44-31-30-43(41-18-5-2-6-19-41)36-46(44)39-54(52)60(53)62/h1-39H. The average Bonchev–Trinajstić information content (AvgIpc) is 3.84. The lowest BCUT2D eigenvalue weighted by Crippen LogP contribution is -2.26. The quantitative estimate of drug-likeness (QED) is 0.167. The summed E-state index contributed by atoms with van der Waals surface area (Å²) in [6.45, 7) is 0. The Bertz CT molecular complexity index is 3670. The Balaban J connectivity index is 1.06. The van der Waals surface area contributed by atoms with Crippen LogP contribution in [0.5, 0.6) is 0 Å². The molecule has 0 N–H and O–H groups in total. The van der Waals surface area contributed by atoms with Gasteiger partial charge < -0.3 is 4.90 Å². The molecule has 1 heteroatoms. The summed E-state index contributed by atoms with van der Waals surface area (Å²) >= 11 is 0. The average molecular weight is 810 g/mol. The molecule has 64 heavy (non-hydrogen) atoms. The molecule has 14 rings (SSSR count). The van der Waals surface area contributed by atoms with E-state index in [9.17, 15) is 0 Å². The summed E-state index contributed by atoms with van der Waals surface area (Å²) in [5, 5.41) is 4.97. The zero-order valence-corrected chi connectivity index (χ0v) is 35.0. The van der Waals surface area contributed by atoms with Gasteiger partial charge >= 0.3 is 0 Å². The van der Waals surface area contributed by atoms with Crippen molar-refractivity contribution in [3.05, 3.63) is 259 Å². The number of rotatable bonds is 5. The highest BCUT2D eigenvalue weighted by atomic mass is 15.2. The zero-order chi connectivity index (χ0) is 41.9. The van der Waals surface area contributed by atoms with Gasteiger partial charge in [-0.15, -0.1) is 0 Å². The van der Waals surface area contributed by atoms with Gasteiger partial charge in [0.05, 0.1) is 16.8 Å². The molecule has 0 atom stereocenters. The summed E-state index contributed by atoms with van der Waals surface area (Å²) in [5.74, 6) is 0. The molecule has 0 unspecified atom stereocenters. The van der Waals surface area contributed by atoms with Crippen molar-refractivity contribution in [2.75, 3.05) is 4.90 Å². The van der Waals surface area contributed by atoms with Crippen LogP contribution < -0.4 is 4.90 Å². The Morgan fingerprint density at radius 2 is 0.812 bits per heavy atom. The number of fused-ring (bicyclic) bond motifs is 16. The molecule has 11 aromatic rings. The number of hydrogen-bond acceptors (Lipinski definition) is 1. The van der Waals surface area contributed by atoms with Crippen molar-refractivity contribution in [3.63, 3.8) is 0 Å². The van der Waals surface area contributed by atoms with Gasteiger partial charge in [-0.25, -0.2) is 0 Å². The minimum absolute atomic E-state index is 0.455. The van der Waals surface area contributed by atoms with Crippen molar-refractivity contribution < 1.29 is 0 Å². The SMILES string of the molecule is c1ccc(-c2ccc(N(c3cccc4c3-c3ccccc3C43c4ccccc4-c4ccccc43)c3c4c(cc5ccccc35)-c3cc5ccc(-c6ccccc6)cc5cc3-4)cc2)cc1. The molecule has 0 aliphatic heterocycles. The molecule has 0 heterocycles. The highest BCUT2D eigenvalue weighted by molar-refractivity contribution is 6.21. The maximum atomic E-state index is 2.60. The van der Waals surface area contributed by atoms with Crippen LogP contribution in [0.3, 0.4) is 0 Å². The van der Waals surface area contributed by atoms with Gasteiger partial charge in [-0.1, -0.05) is 194 Å². The van der Waals surface area contributed by atoms with Crippen molar-refractivity contribution in [2.24, 2.45) is 0 Å². The third-order valence-corrected chi connectivity index (χ3v) is 14.4. The third-order valence-electron chi connectivity index (χ3n) is 14.4. The molecule has 0 saturated heterocycles. The molecule has 11 aromatic carbocycles. The predicted molar refractivity (Wildman–Crippen MR) is 268 cm³/mol. The molecule has 0 saturated carbocycles. The summed E-state index contributed by atoms with van der Waals surface area (Å²) in [4.78, 5) is 2.60. The van der Waals surface area contributed by atoms with Gasteiger partial charge in [-0.2, -0.15) is 0 Å². The molecule has 0 radical (unpaired) electrons. The normalized spacial score (nSPS) is 13.1. The van der Waals surface area contributed by atoms with Gasteiger partial charge in [0, 0.05) is 22.2 Å². The first-order valence-electron chi connectivity index (χ1n) is 22.3. The summed E-state index contributed by atoms with van der Waals surface area (Å²) in [6.07, 6.45) is 0. The van der Waals surface area contributed by atoms with E-state index >= 15 is 0 Å². The highest BCUT2D eigenvalue weighted by Crippen LogP contribution is 2.66. The Kier molecular flexibility index (Phi) is 7.38. The van der Waals surface area contributed by atoms with E-state index in [0.29, 0.717) is 0 Å². The van der Waals surface area contributed by atoms with E-state index in [-0.39, 0.29) is 0 Å². The van der Waals surface area contributed by atoms with Crippen LogP contribution in [0, 0.1) is 0 Å². The lowest BCUT2D eigenvalue weighted by atomic mass is 9.70. The van der Waals surface area contributed by atoms with E-state index in [1.165, 1.54) is 122 Å². The second kappa shape index (κ2) is 13.4. The van der Waals surface area contributed by atoms with Crippen LogP contribution in [0.4, 0.5) is 17.1 Å². The molecule has 3 aliphatic carbocycles. The van der Waals surface area contributed by atoms with Gasteiger partial charge in [-0.05, 0) is 137 Å². The lowest BCUT2D eigenvalue weighted by molar-refractivity contribution is 0.794. The maximum absolute atomic E-state index is 2.60. The predicted octanol–water partition coefficient (Wildman–Crippen LogP) is 16.8. The van der Waals surface area contributed by atoms with Crippen LogP contribution in [0.2, 0.25) is 0 Å². The molecule has 1 nitrogen and oxygen atoms in total. The molecule has 0 aromatic heterocycles. The fraction of sp³-hybridized carbons (Fsp3) is 0.0159. The van der Waals surface area contributed by atoms with E-state index in [4.69, 9.17) is 0 Å². The van der Waals surface area contributed by atoms with E-state index < -0.39 is 5.41 Å². The van der Waals surface area contributed by atoms with Crippen LogP contribution in [0.15, 0.2) is 237 Å². The summed E-state index contributed by atoms with van der Waals surface area (Å²) < 4.78 is 0. The fourth-order valence-corrected chi connectivity index (χ4v) is 11.7. The highest BCUT2D eigenvalue weighted by Gasteiger charge is 2.52. The molecular weight excluding hydrogens is 771 g/mol. The number of hydrogen-bond donors (Lipinski definition) is 0. The third kappa shape index (κ3) is 4.79. The zero-order valence-electron chi connectivity index (χ0n) is 35.0. The van der Waals surface area contributed by atoms with Crippen LogP contribution >= 0.6 is 0 Å². The van der Waals surface area contributed by atoms with Crippen LogP contribution in [0.25, 0.3) is 88.3 Å². The van der Waals surface area contributed by atoms with Crippen LogP contribution in [0.1, 0.15) is 22.3 Å². The Labute approximate surface area is 372 Å². The van der Waals surface area contributed by atoms with E-state index in [2.05, 4.69) is 241 Å². The molecular formula is C63H39N. The summed E-state index contributed by atoms with van der Waals surface area (Å²) in [6, 6.07) is 88.3. The minimum Gasteiger partial charge on any atom is -0.309 e. The number of anilines is 3. The molecule has 0 bridgehead atoms. The van der Waals surface area contributed by atoms with Crippen molar-refractivity contribution in [1.82, 2.24) is 0 Å². The van der Waals surface area contributed by atoms with E-state index in [1.807, 2.05) is 0 Å². The lowest BCUT2D eigenvalue weighted by Gasteiger charge is -2.36. The van der Waals surface area contributed by atoms with Crippen LogP contribution in [-0.4, -0.2) is 0 Å². The number of nitrogens with zero attached hydrogens (tertiary/aromatic N) is 1. The van der Waals surface area contributed by atoms with Crippen molar-refractivity contribution in [3.8, 4) is 66.8 Å². The second-order valence-corrected chi connectivity index (χ2v) is 17.5. The van der Waals surface area contributed by atoms with Gasteiger partial charge in [0.15, 0.2) is 0 Å². The number of benzene rings is 11. The van der Waals surface area contributed by atoms with Gasteiger partial charge in [-0.3, -0.25) is 0 Å². The van der Waals surface area contributed by atoms with E-state index in [1.54, 1.807) is 0 Å². The largest absolute Gasteiger partial charge is 0.309 e. The van der Waals surface area contributed by atoms with Gasteiger partial charge in [0.25, 0.3) is 0 Å². The summed E-state index contributed by atoms with van der Waals surface area (Å²) in [7, 11) is 0. The van der Waals surface area contributed by atoms with Crippen molar-refractivity contribution >= 4 is 38.6 Å². The smallest absolute Gasteiger partial charge is 0.0726 e. The summed E-state index contributed by atoms with van der Waals surface area (Å²) in [5.41, 5.74) is 23.7. The van der Waals surface area contributed by atoms with Crippen LogP contribution in [-0.2, 0) is 5.41 Å². The molecule has 296 valence electrons. The Morgan fingerprint density at radius 1 is 0.281 bits per heavy atom. The van der Waals surface area contributed by atoms with Gasteiger partial charge in [0.2, 0.25) is 0 Å². The fourth-order valence-electron chi connectivity index (χ4n) is 11.7. The second-order valence-electron chi connectivity index (χ2n) is 17.5. The first-order chi connectivity index (χ1) is 31.8. The van der Waals surface area contributed by atoms with Gasteiger partial charge in [0.1, 0.15) is 0 Å². The van der Waals surface area contributed by atoms with E-state index in [0.717, 1.165) is 5.69 Å². The molecule has 3 aliphatic rings. The first kappa shape index (κ1) is 35.3. The Morgan fingerprint density at radius 3 is 1.53 bits per heavy atom. The molecule has 0 fully saturated rings. The maximum Gasteiger partial charge on any atom is 0.0726 e. The topological polar surface area (TPSA) is 3.24 Å². The Hall–Kier alpha value is -8.26. The van der Waals surface area contributed by atoms with Crippen molar-refractivity contribution in [1.29, 1.82) is 0 Å². The molecule has 0 amide bonds.